The zero-order valence-corrected chi connectivity index (χ0v) is 19.7. The highest BCUT2D eigenvalue weighted by atomic mass is 19.3. The average Bonchev–Trinajstić information content (AvgIpc) is 2.90. The van der Waals surface area contributed by atoms with Crippen molar-refractivity contribution in [2.75, 3.05) is 37.4 Å². The normalized spacial score (nSPS) is 20.6. The maximum Gasteiger partial charge on any atom is 0.345 e. The number of ether oxygens (including phenoxy) is 2. The van der Waals surface area contributed by atoms with Crippen LogP contribution in [0.25, 0.3) is 22.0 Å². The Kier molecular flexibility index (Phi) is 7.19. The van der Waals surface area contributed by atoms with Gasteiger partial charge in [-0.15, -0.1) is 0 Å². The Labute approximate surface area is 207 Å². The number of hydrogen-bond acceptors (Lipinski definition) is 8. The highest BCUT2D eigenvalue weighted by Crippen LogP contribution is 2.31. The van der Waals surface area contributed by atoms with Crippen LogP contribution < -0.4 is 11.1 Å². The predicted octanol–water partition coefficient (Wildman–Crippen LogP) is 3.71. The molecule has 1 saturated carbocycles. The molecule has 0 spiro atoms. The summed E-state index contributed by atoms with van der Waals surface area (Å²) in [4.78, 5) is 28.0. The van der Waals surface area contributed by atoms with Gasteiger partial charge in [0.2, 0.25) is 5.95 Å². The highest BCUT2D eigenvalue weighted by Gasteiger charge is 2.25. The third-order valence-electron chi connectivity index (χ3n) is 6.70. The van der Waals surface area contributed by atoms with Crippen LogP contribution in [0.5, 0.6) is 0 Å². The van der Waals surface area contributed by atoms with Gasteiger partial charge in [-0.25, -0.2) is 15.0 Å². The molecule has 190 valence electrons. The molecular formula is C25H28F2N6O3. The molecule has 1 aromatic carbocycles. The van der Waals surface area contributed by atoms with Crippen molar-refractivity contribution in [3.8, 4) is 11.1 Å². The molecule has 0 radical (unpaired) electrons. The fraction of sp³-hybridized carbons (Fsp3) is 0.440. The van der Waals surface area contributed by atoms with Crippen molar-refractivity contribution in [1.29, 1.82) is 0 Å². The summed E-state index contributed by atoms with van der Waals surface area (Å²) in [5.41, 5.74) is 8.96. The summed E-state index contributed by atoms with van der Waals surface area (Å²) in [7, 11) is 0. The van der Waals surface area contributed by atoms with Crippen molar-refractivity contribution < 1.29 is 23.0 Å². The first kappa shape index (κ1) is 24.3. The lowest BCUT2D eigenvalue weighted by molar-refractivity contribution is -0.169. The molecule has 3 heterocycles. The van der Waals surface area contributed by atoms with Crippen molar-refractivity contribution in [2.24, 2.45) is 0 Å². The van der Waals surface area contributed by atoms with E-state index in [1.807, 2.05) is 12.1 Å². The van der Waals surface area contributed by atoms with Gasteiger partial charge >= 0.3 is 6.61 Å². The Bertz CT molecular complexity index is 1210. The third-order valence-corrected chi connectivity index (χ3v) is 6.70. The third kappa shape index (κ3) is 5.36. The number of halogens is 2. The average molecular weight is 499 g/mol. The van der Waals surface area contributed by atoms with E-state index in [4.69, 9.17) is 15.5 Å². The van der Waals surface area contributed by atoms with E-state index in [1.165, 1.54) is 0 Å². The number of fused-ring (bicyclic) bond motifs is 1. The lowest BCUT2D eigenvalue weighted by Gasteiger charge is -2.28. The lowest BCUT2D eigenvalue weighted by Crippen LogP contribution is -2.40. The molecule has 2 aromatic heterocycles. The van der Waals surface area contributed by atoms with Crippen LogP contribution in [0.1, 0.15) is 36.0 Å². The monoisotopic (exact) mass is 498 g/mol. The van der Waals surface area contributed by atoms with Crippen LogP contribution in [0.15, 0.2) is 36.7 Å². The fourth-order valence-corrected chi connectivity index (χ4v) is 4.73. The molecule has 3 aromatic rings. The van der Waals surface area contributed by atoms with E-state index in [9.17, 15) is 13.6 Å². The molecule has 9 nitrogen and oxygen atoms in total. The van der Waals surface area contributed by atoms with Gasteiger partial charge in [-0.05, 0) is 43.4 Å². The molecule has 0 unspecified atom stereocenters. The second-order valence-corrected chi connectivity index (χ2v) is 9.01. The van der Waals surface area contributed by atoms with Gasteiger partial charge in [-0.3, -0.25) is 4.79 Å². The Morgan fingerprint density at radius 2 is 1.81 bits per heavy atom. The summed E-state index contributed by atoms with van der Waals surface area (Å²) >= 11 is 0. The number of alkyl halides is 2. The van der Waals surface area contributed by atoms with Gasteiger partial charge < -0.3 is 25.4 Å². The topological polar surface area (TPSA) is 115 Å². The van der Waals surface area contributed by atoms with Crippen LogP contribution in [-0.2, 0) is 9.47 Å². The first-order valence-electron chi connectivity index (χ1n) is 12.1. The number of pyridine rings is 1. The number of rotatable bonds is 6. The van der Waals surface area contributed by atoms with Gasteiger partial charge in [-0.1, -0.05) is 12.1 Å². The molecule has 11 heteroatoms. The smallest absolute Gasteiger partial charge is 0.345 e. The number of nitrogens with zero attached hydrogens (tertiary/aromatic N) is 4. The number of anilines is 2. The van der Waals surface area contributed by atoms with E-state index in [0.29, 0.717) is 80.2 Å². The molecule has 3 N–H and O–H groups in total. The van der Waals surface area contributed by atoms with Crippen molar-refractivity contribution in [1.82, 2.24) is 19.9 Å². The van der Waals surface area contributed by atoms with E-state index in [1.54, 1.807) is 29.4 Å². The first-order valence-corrected chi connectivity index (χ1v) is 12.1. The van der Waals surface area contributed by atoms with Crippen LogP contribution in [0.3, 0.4) is 0 Å². The van der Waals surface area contributed by atoms with E-state index >= 15 is 0 Å². The minimum atomic E-state index is -2.74. The number of morpholine rings is 1. The van der Waals surface area contributed by atoms with Crippen LogP contribution >= 0.6 is 0 Å². The summed E-state index contributed by atoms with van der Waals surface area (Å²) in [5.74, 6) is 0.739. The quantitative estimate of drug-likeness (QED) is 0.529. The van der Waals surface area contributed by atoms with Crippen molar-refractivity contribution in [3.63, 3.8) is 0 Å². The number of carbonyl (C=O) groups is 1. The number of hydrogen-bond donors (Lipinski definition) is 2. The van der Waals surface area contributed by atoms with Crippen LogP contribution in [0.4, 0.5) is 20.5 Å². The second-order valence-electron chi connectivity index (χ2n) is 9.01. The molecule has 1 amide bonds. The lowest BCUT2D eigenvalue weighted by atomic mass is 9.93. The number of benzene rings is 1. The number of nitrogen functional groups attached to an aromatic ring is 1. The molecule has 5 rings (SSSR count). The van der Waals surface area contributed by atoms with Crippen molar-refractivity contribution in [3.05, 3.63) is 42.2 Å². The predicted molar refractivity (Wildman–Crippen MR) is 131 cm³/mol. The highest BCUT2D eigenvalue weighted by molar-refractivity contribution is 5.99. The largest absolute Gasteiger partial charge is 0.383 e. The molecule has 1 aliphatic carbocycles. The van der Waals surface area contributed by atoms with Gasteiger partial charge in [-0.2, -0.15) is 8.78 Å². The van der Waals surface area contributed by atoms with Crippen LogP contribution in [0.2, 0.25) is 0 Å². The summed E-state index contributed by atoms with van der Waals surface area (Å²) < 4.78 is 34.9. The SMILES string of the molecule is Nc1ncc(-c2ccc(C(=O)N3CCOCC3)cc2)c2nc(NC3CCC(OC(F)F)CC3)ncc12. The number of nitrogens with one attached hydrogen (secondary N) is 1. The van der Waals surface area contributed by atoms with Crippen LogP contribution in [0, 0.1) is 0 Å². The molecule has 0 bridgehead atoms. The zero-order valence-electron chi connectivity index (χ0n) is 19.7. The number of aromatic nitrogens is 3. The Balaban J connectivity index is 1.35. The molecule has 1 saturated heterocycles. The molecular weight excluding hydrogens is 470 g/mol. The number of carbonyl (C=O) groups excluding carboxylic acids is 1. The Morgan fingerprint density at radius 1 is 1.08 bits per heavy atom. The molecule has 1 aliphatic heterocycles. The maximum atomic E-state index is 12.8. The van der Waals surface area contributed by atoms with Gasteiger partial charge in [0.25, 0.3) is 5.91 Å². The number of amides is 1. The summed E-state index contributed by atoms with van der Waals surface area (Å²) in [6, 6.07) is 7.42. The first-order chi connectivity index (χ1) is 17.5. The summed E-state index contributed by atoms with van der Waals surface area (Å²) in [5, 5.41) is 3.94. The van der Waals surface area contributed by atoms with Gasteiger partial charge in [0.05, 0.1) is 30.2 Å². The molecule has 2 aliphatic rings. The zero-order chi connectivity index (χ0) is 25.1. The van der Waals surface area contributed by atoms with E-state index in [2.05, 4.69) is 20.0 Å². The Morgan fingerprint density at radius 3 is 2.50 bits per heavy atom. The molecule has 2 fully saturated rings. The van der Waals surface area contributed by atoms with Crippen molar-refractivity contribution >= 4 is 28.6 Å². The van der Waals surface area contributed by atoms with Gasteiger partial charge in [0.15, 0.2) is 0 Å². The van der Waals surface area contributed by atoms with E-state index in [-0.39, 0.29) is 11.9 Å². The minimum absolute atomic E-state index is 0.0207. The maximum absolute atomic E-state index is 12.8. The standard InChI is InChI=1S/C25H28F2N6O3/c26-24(27)36-18-7-5-17(6-8-18)31-25-30-14-20-21(32-25)19(13-29-22(20)28)15-1-3-16(4-2-15)23(34)33-9-11-35-12-10-33/h1-4,13-14,17-18,24H,5-12H2,(H2,28,29)(H,30,31,32). The molecule has 0 atom stereocenters. The Hall–Kier alpha value is -3.44. The van der Waals surface area contributed by atoms with E-state index in [0.717, 1.165) is 11.1 Å². The second kappa shape index (κ2) is 10.7. The van der Waals surface area contributed by atoms with Gasteiger partial charge in [0.1, 0.15) is 5.82 Å². The minimum Gasteiger partial charge on any atom is -0.383 e. The fourth-order valence-electron chi connectivity index (χ4n) is 4.73. The number of nitrogens with two attached hydrogens (primary N) is 1. The van der Waals surface area contributed by atoms with Crippen molar-refractivity contribution in [2.45, 2.75) is 44.4 Å². The summed E-state index contributed by atoms with van der Waals surface area (Å²) in [6.45, 7) is -0.476. The summed E-state index contributed by atoms with van der Waals surface area (Å²) in [6.07, 6.45) is 5.35. The van der Waals surface area contributed by atoms with Crippen LogP contribution in [-0.4, -0.2) is 70.8 Å². The molecule has 36 heavy (non-hydrogen) atoms. The van der Waals surface area contributed by atoms with E-state index < -0.39 is 12.7 Å². The van der Waals surface area contributed by atoms with Gasteiger partial charge in [0, 0.05) is 42.7 Å².